The molecule has 3 aromatic rings. The lowest BCUT2D eigenvalue weighted by molar-refractivity contribution is 0.0777. The largest absolute Gasteiger partial charge is 0.508 e. The number of aryl methyl sites for hydroxylation is 1. The number of phenols is 1. The van der Waals surface area contributed by atoms with Gasteiger partial charge in [0.05, 0.1) is 11.4 Å². The van der Waals surface area contributed by atoms with Gasteiger partial charge in [0, 0.05) is 24.2 Å². The average Bonchev–Trinajstić information content (AvgIpc) is 2.98. The number of hydrogen-bond acceptors (Lipinski definition) is 4. The minimum absolute atomic E-state index is 0.154. The molecule has 1 aromatic heterocycles. The number of aromatic nitrogens is 3. The van der Waals surface area contributed by atoms with E-state index >= 15 is 0 Å². The van der Waals surface area contributed by atoms with Crippen molar-refractivity contribution < 1.29 is 9.90 Å². The first kappa shape index (κ1) is 17.0. The van der Waals surface area contributed by atoms with Crippen molar-refractivity contribution in [3.05, 3.63) is 70.5 Å². The van der Waals surface area contributed by atoms with Gasteiger partial charge in [0.2, 0.25) is 0 Å². The Kier molecular flexibility index (Phi) is 4.72. The summed E-state index contributed by atoms with van der Waals surface area (Å²) in [6.45, 7) is 2.00. The molecule has 6 nitrogen and oxygen atoms in total. The van der Waals surface area contributed by atoms with Crippen LogP contribution in [-0.4, -0.2) is 38.0 Å². The van der Waals surface area contributed by atoms with E-state index < -0.39 is 0 Å². The third kappa shape index (κ3) is 3.64. The highest BCUT2D eigenvalue weighted by molar-refractivity contribution is 6.30. The number of nitrogens with zero attached hydrogens (tertiary/aromatic N) is 4. The number of benzene rings is 2. The predicted molar refractivity (Wildman–Crippen MR) is 95.0 cm³/mol. The molecule has 0 radical (unpaired) electrons. The van der Waals surface area contributed by atoms with Gasteiger partial charge in [0.15, 0.2) is 5.69 Å². The smallest absolute Gasteiger partial charge is 0.276 e. The number of aromatic hydroxyl groups is 1. The Bertz CT molecular complexity index is 923. The summed E-state index contributed by atoms with van der Waals surface area (Å²) < 4.78 is 0. The summed E-state index contributed by atoms with van der Waals surface area (Å²) in [5.41, 5.74) is 2.13. The third-order valence-corrected chi connectivity index (χ3v) is 4.00. The first-order valence-electron chi connectivity index (χ1n) is 7.68. The van der Waals surface area contributed by atoms with E-state index in [0.717, 1.165) is 0 Å². The standard InChI is InChI=1S/C18H17ClN4O2/c1-12-17(21-23(20-12)15-8-5-7-14(19)10-15)18(25)22(2)11-13-6-3-4-9-16(13)24/h3-10,24H,11H2,1-2H3. The molecule has 25 heavy (non-hydrogen) atoms. The topological polar surface area (TPSA) is 71.2 Å². The molecular weight excluding hydrogens is 340 g/mol. The maximum atomic E-state index is 12.7. The van der Waals surface area contributed by atoms with Crippen LogP contribution in [0.1, 0.15) is 21.7 Å². The van der Waals surface area contributed by atoms with Gasteiger partial charge >= 0.3 is 0 Å². The van der Waals surface area contributed by atoms with Crippen molar-refractivity contribution in [2.75, 3.05) is 7.05 Å². The van der Waals surface area contributed by atoms with E-state index in [1.54, 1.807) is 50.4 Å². The summed E-state index contributed by atoms with van der Waals surface area (Å²) in [5.74, 6) is -0.115. The van der Waals surface area contributed by atoms with Crippen molar-refractivity contribution in [1.29, 1.82) is 0 Å². The van der Waals surface area contributed by atoms with Crippen molar-refractivity contribution in [2.45, 2.75) is 13.5 Å². The molecule has 0 saturated carbocycles. The van der Waals surface area contributed by atoms with Gasteiger partial charge < -0.3 is 10.0 Å². The molecule has 0 aliphatic heterocycles. The molecule has 0 unspecified atom stereocenters. The van der Waals surface area contributed by atoms with Crippen LogP contribution in [-0.2, 0) is 6.54 Å². The summed E-state index contributed by atoms with van der Waals surface area (Å²) in [7, 11) is 1.66. The zero-order chi connectivity index (χ0) is 18.0. The van der Waals surface area contributed by atoms with Crippen LogP contribution in [0.4, 0.5) is 0 Å². The van der Waals surface area contributed by atoms with Crippen LogP contribution in [0.15, 0.2) is 48.5 Å². The lowest BCUT2D eigenvalue weighted by Gasteiger charge is -2.16. The van der Waals surface area contributed by atoms with E-state index in [1.165, 1.54) is 9.70 Å². The van der Waals surface area contributed by atoms with Crippen molar-refractivity contribution in [2.24, 2.45) is 0 Å². The normalized spacial score (nSPS) is 10.7. The number of rotatable bonds is 4. The number of carbonyl (C=O) groups excluding carboxylic acids is 1. The Labute approximate surface area is 150 Å². The van der Waals surface area contributed by atoms with Crippen molar-refractivity contribution in [1.82, 2.24) is 19.9 Å². The number of amides is 1. The van der Waals surface area contributed by atoms with Gasteiger partial charge in [-0.05, 0) is 31.2 Å². The molecule has 0 aliphatic carbocycles. The van der Waals surface area contributed by atoms with Gasteiger partial charge in [-0.3, -0.25) is 4.79 Å². The molecule has 3 rings (SSSR count). The molecule has 0 fully saturated rings. The van der Waals surface area contributed by atoms with Crippen LogP contribution in [0.3, 0.4) is 0 Å². The molecule has 128 valence electrons. The second kappa shape index (κ2) is 6.94. The van der Waals surface area contributed by atoms with Gasteiger partial charge in [-0.2, -0.15) is 9.90 Å². The molecule has 0 spiro atoms. The Morgan fingerprint density at radius 1 is 1.20 bits per heavy atom. The zero-order valence-electron chi connectivity index (χ0n) is 13.8. The average molecular weight is 357 g/mol. The van der Waals surface area contributed by atoms with Gasteiger partial charge in [-0.15, -0.1) is 5.10 Å². The van der Waals surface area contributed by atoms with Gasteiger partial charge in [0.1, 0.15) is 5.75 Å². The monoisotopic (exact) mass is 356 g/mol. The van der Waals surface area contributed by atoms with Crippen molar-refractivity contribution >= 4 is 17.5 Å². The summed E-state index contributed by atoms with van der Waals surface area (Å²) in [6, 6.07) is 14.0. The molecule has 0 saturated heterocycles. The summed E-state index contributed by atoms with van der Waals surface area (Å²) >= 11 is 5.99. The molecule has 1 N–H and O–H groups in total. The number of phenolic OH excluding ortho intramolecular Hbond substituents is 1. The highest BCUT2D eigenvalue weighted by Gasteiger charge is 2.21. The minimum Gasteiger partial charge on any atom is -0.508 e. The first-order chi connectivity index (χ1) is 12.0. The van der Waals surface area contributed by atoms with Crippen LogP contribution in [0.2, 0.25) is 5.02 Å². The fourth-order valence-electron chi connectivity index (χ4n) is 2.45. The van der Waals surface area contributed by atoms with E-state index in [2.05, 4.69) is 10.2 Å². The van der Waals surface area contributed by atoms with Crippen molar-refractivity contribution in [3.63, 3.8) is 0 Å². The lowest BCUT2D eigenvalue weighted by Crippen LogP contribution is -2.27. The van der Waals surface area contributed by atoms with Crippen LogP contribution >= 0.6 is 11.6 Å². The molecule has 0 atom stereocenters. The number of hydrogen-bond donors (Lipinski definition) is 1. The van der Waals surface area contributed by atoms with Crippen LogP contribution < -0.4 is 0 Å². The van der Waals surface area contributed by atoms with Gasteiger partial charge in [-0.25, -0.2) is 0 Å². The fourth-order valence-corrected chi connectivity index (χ4v) is 2.63. The predicted octanol–water partition coefficient (Wildman–Crippen LogP) is 3.21. The molecule has 0 bridgehead atoms. The Morgan fingerprint density at radius 3 is 2.68 bits per heavy atom. The maximum absolute atomic E-state index is 12.7. The number of halogens is 1. The molecule has 1 amide bonds. The summed E-state index contributed by atoms with van der Waals surface area (Å²) in [5, 5.41) is 19.0. The van der Waals surface area contributed by atoms with Gasteiger partial charge in [-0.1, -0.05) is 35.9 Å². The summed E-state index contributed by atoms with van der Waals surface area (Å²) in [4.78, 5) is 15.6. The maximum Gasteiger partial charge on any atom is 0.276 e. The minimum atomic E-state index is -0.269. The Balaban J connectivity index is 1.84. The Hall–Kier alpha value is -2.86. The van der Waals surface area contributed by atoms with E-state index in [-0.39, 0.29) is 23.9 Å². The van der Waals surface area contributed by atoms with Gasteiger partial charge in [0.25, 0.3) is 5.91 Å². The SMILES string of the molecule is Cc1nn(-c2cccc(Cl)c2)nc1C(=O)N(C)Cc1ccccc1O. The van der Waals surface area contributed by atoms with Crippen LogP contribution in [0.5, 0.6) is 5.75 Å². The molecule has 0 aliphatic rings. The van der Waals surface area contributed by atoms with Crippen molar-refractivity contribution in [3.8, 4) is 11.4 Å². The summed E-state index contributed by atoms with van der Waals surface area (Å²) in [6.07, 6.45) is 0. The molecule has 1 heterocycles. The molecule has 2 aromatic carbocycles. The molecule has 7 heteroatoms. The quantitative estimate of drug-likeness (QED) is 0.779. The zero-order valence-corrected chi connectivity index (χ0v) is 14.6. The lowest BCUT2D eigenvalue weighted by atomic mass is 10.2. The number of para-hydroxylation sites is 1. The van der Waals surface area contributed by atoms with E-state index in [0.29, 0.717) is 22.0 Å². The van der Waals surface area contributed by atoms with Crippen LogP contribution in [0, 0.1) is 6.92 Å². The van der Waals surface area contributed by atoms with Crippen LogP contribution in [0.25, 0.3) is 5.69 Å². The Morgan fingerprint density at radius 2 is 1.96 bits per heavy atom. The molecular formula is C18H17ClN4O2. The second-order valence-corrected chi connectivity index (χ2v) is 6.13. The fraction of sp³-hybridized carbons (Fsp3) is 0.167. The highest BCUT2D eigenvalue weighted by atomic mass is 35.5. The third-order valence-electron chi connectivity index (χ3n) is 3.77. The van der Waals surface area contributed by atoms with E-state index in [9.17, 15) is 9.90 Å². The van der Waals surface area contributed by atoms with E-state index in [1.807, 2.05) is 12.1 Å². The highest BCUT2D eigenvalue weighted by Crippen LogP contribution is 2.19. The second-order valence-electron chi connectivity index (χ2n) is 5.69. The first-order valence-corrected chi connectivity index (χ1v) is 8.05. The number of carbonyl (C=O) groups is 1. The van der Waals surface area contributed by atoms with E-state index in [4.69, 9.17) is 11.6 Å².